The number of benzene rings is 2. The average molecular weight is 425 g/mol. The van der Waals surface area contributed by atoms with Crippen molar-refractivity contribution < 1.29 is 24.2 Å². The van der Waals surface area contributed by atoms with Crippen molar-refractivity contribution in [1.82, 2.24) is 10.2 Å². The van der Waals surface area contributed by atoms with Crippen molar-refractivity contribution in [3.63, 3.8) is 0 Å². The lowest BCUT2D eigenvalue weighted by molar-refractivity contribution is -0.132. The number of carbonyl (C=O) groups excluding carboxylic acids is 1. The minimum absolute atomic E-state index is 0.000117. The van der Waals surface area contributed by atoms with Gasteiger partial charge in [0.15, 0.2) is 0 Å². The van der Waals surface area contributed by atoms with Crippen LogP contribution in [0, 0.1) is 5.92 Å². The van der Waals surface area contributed by atoms with Crippen molar-refractivity contribution in [3.05, 3.63) is 59.7 Å². The Morgan fingerprint density at radius 3 is 2.45 bits per heavy atom. The van der Waals surface area contributed by atoms with Crippen LogP contribution in [0.2, 0.25) is 0 Å². The minimum Gasteiger partial charge on any atom is -0.497 e. The second kappa shape index (κ2) is 9.07. The second-order valence-corrected chi connectivity index (χ2v) is 7.78. The van der Waals surface area contributed by atoms with Crippen LogP contribution in [-0.2, 0) is 16.9 Å². The standard InChI is InChI=1S/C23H27N3O5/c1-15(2)13-23(17-8-6-5-7-9-17)20(27)26(21(25-23)24-22(28)29)14-16-10-11-18(30-3)12-19(16)31-4/h5-12,15H,13-14H2,1-4H3,(H,24,25)(H,28,29). The highest BCUT2D eigenvalue weighted by molar-refractivity contribution is 6.11. The van der Waals surface area contributed by atoms with Gasteiger partial charge >= 0.3 is 6.09 Å². The Bertz CT molecular complexity index is 990. The van der Waals surface area contributed by atoms with Crippen LogP contribution in [0.5, 0.6) is 11.5 Å². The third-order valence-corrected chi connectivity index (χ3v) is 5.20. The lowest BCUT2D eigenvalue weighted by Crippen LogP contribution is -2.45. The molecule has 1 fully saturated rings. The molecule has 0 aliphatic carbocycles. The summed E-state index contributed by atoms with van der Waals surface area (Å²) in [6, 6.07) is 14.6. The number of carboxylic acid groups (broad SMARTS) is 1. The first-order chi connectivity index (χ1) is 14.8. The molecular weight excluding hydrogens is 398 g/mol. The number of hydrogen-bond acceptors (Lipinski definition) is 4. The van der Waals surface area contributed by atoms with Gasteiger partial charge in [0.05, 0.1) is 20.8 Å². The highest BCUT2D eigenvalue weighted by Gasteiger charge is 2.51. The number of amides is 2. The molecule has 31 heavy (non-hydrogen) atoms. The van der Waals surface area contributed by atoms with Crippen LogP contribution >= 0.6 is 0 Å². The van der Waals surface area contributed by atoms with E-state index in [4.69, 9.17) is 9.47 Å². The Balaban J connectivity index is 2.08. The van der Waals surface area contributed by atoms with E-state index in [2.05, 4.69) is 10.3 Å². The second-order valence-electron chi connectivity index (χ2n) is 7.78. The predicted molar refractivity (Wildman–Crippen MR) is 116 cm³/mol. The van der Waals surface area contributed by atoms with Crippen molar-refractivity contribution in [3.8, 4) is 11.5 Å². The number of methoxy groups -OCH3 is 2. The van der Waals surface area contributed by atoms with Gasteiger partial charge in [-0.15, -0.1) is 4.99 Å². The van der Waals surface area contributed by atoms with Crippen LogP contribution in [-0.4, -0.2) is 42.2 Å². The molecule has 1 aliphatic heterocycles. The van der Waals surface area contributed by atoms with Crippen molar-refractivity contribution in [2.24, 2.45) is 10.9 Å². The molecular formula is C23H27N3O5. The molecule has 0 saturated carbocycles. The van der Waals surface area contributed by atoms with Crippen LogP contribution in [0.1, 0.15) is 31.4 Å². The molecule has 1 heterocycles. The first-order valence-electron chi connectivity index (χ1n) is 9.99. The van der Waals surface area contributed by atoms with Crippen LogP contribution in [0.4, 0.5) is 4.79 Å². The fraction of sp³-hybridized carbons (Fsp3) is 0.348. The maximum atomic E-state index is 13.8. The molecule has 2 N–H and O–H groups in total. The van der Waals surface area contributed by atoms with Crippen LogP contribution in [0.3, 0.4) is 0 Å². The quantitative estimate of drug-likeness (QED) is 0.703. The SMILES string of the molecule is COc1ccc(CN2C(=O)C(CC(C)C)(c3ccccc3)NC2=NC(=O)O)c(OC)c1. The molecule has 2 amide bonds. The summed E-state index contributed by atoms with van der Waals surface area (Å²) < 4.78 is 10.7. The molecule has 8 heteroatoms. The lowest BCUT2D eigenvalue weighted by atomic mass is 9.82. The molecule has 0 spiro atoms. The Morgan fingerprint density at radius 1 is 1.16 bits per heavy atom. The van der Waals surface area contributed by atoms with Gasteiger partial charge in [-0.05, 0) is 30.0 Å². The highest BCUT2D eigenvalue weighted by Crippen LogP contribution is 2.37. The van der Waals surface area contributed by atoms with Gasteiger partial charge < -0.3 is 19.9 Å². The molecule has 2 aromatic rings. The third-order valence-electron chi connectivity index (χ3n) is 5.20. The topological polar surface area (TPSA) is 100 Å². The highest BCUT2D eigenvalue weighted by atomic mass is 16.5. The van der Waals surface area contributed by atoms with Crippen LogP contribution in [0.15, 0.2) is 53.5 Å². The Labute approximate surface area is 181 Å². The van der Waals surface area contributed by atoms with E-state index < -0.39 is 11.6 Å². The third kappa shape index (κ3) is 4.47. The molecule has 8 nitrogen and oxygen atoms in total. The van der Waals surface area contributed by atoms with Gasteiger partial charge in [-0.3, -0.25) is 9.69 Å². The van der Waals surface area contributed by atoms with Gasteiger partial charge in [-0.2, -0.15) is 0 Å². The van der Waals surface area contributed by atoms with Gasteiger partial charge in [0.25, 0.3) is 5.91 Å². The van der Waals surface area contributed by atoms with E-state index in [0.29, 0.717) is 23.5 Å². The maximum absolute atomic E-state index is 13.8. The molecule has 1 atom stereocenters. The molecule has 0 aromatic heterocycles. The summed E-state index contributed by atoms with van der Waals surface area (Å²) in [6.45, 7) is 4.13. The van der Waals surface area contributed by atoms with E-state index in [0.717, 1.165) is 5.56 Å². The van der Waals surface area contributed by atoms with Crippen molar-refractivity contribution in [2.45, 2.75) is 32.4 Å². The lowest BCUT2D eigenvalue weighted by Gasteiger charge is -2.29. The molecule has 1 saturated heterocycles. The zero-order valence-corrected chi connectivity index (χ0v) is 18.1. The van der Waals surface area contributed by atoms with E-state index in [1.54, 1.807) is 25.3 Å². The van der Waals surface area contributed by atoms with E-state index >= 15 is 0 Å². The van der Waals surface area contributed by atoms with Gasteiger partial charge in [-0.1, -0.05) is 44.2 Å². The molecule has 1 aliphatic rings. The summed E-state index contributed by atoms with van der Waals surface area (Å²) in [4.78, 5) is 30.3. The molecule has 164 valence electrons. The molecule has 3 rings (SSSR count). The van der Waals surface area contributed by atoms with E-state index in [-0.39, 0.29) is 24.3 Å². The molecule has 0 radical (unpaired) electrons. The first-order valence-corrected chi connectivity index (χ1v) is 9.99. The smallest absolute Gasteiger partial charge is 0.434 e. The minimum atomic E-state index is -1.38. The molecule has 2 aromatic carbocycles. The van der Waals surface area contributed by atoms with Crippen molar-refractivity contribution >= 4 is 18.0 Å². The van der Waals surface area contributed by atoms with E-state index in [9.17, 15) is 14.7 Å². The number of nitrogens with one attached hydrogen (secondary N) is 1. The molecule has 1 unspecified atom stereocenters. The Morgan fingerprint density at radius 2 is 1.87 bits per heavy atom. The normalized spacial score (nSPS) is 19.6. The Hall–Kier alpha value is -3.55. The first kappa shape index (κ1) is 22.1. The van der Waals surface area contributed by atoms with Gasteiger partial charge in [0, 0.05) is 11.6 Å². The van der Waals surface area contributed by atoms with Gasteiger partial charge in [-0.25, -0.2) is 4.79 Å². The summed E-state index contributed by atoms with van der Waals surface area (Å²) in [7, 11) is 3.09. The summed E-state index contributed by atoms with van der Waals surface area (Å²) in [5, 5.41) is 12.5. The predicted octanol–water partition coefficient (Wildman–Crippen LogP) is 3.61. The van der Waals surface area contributed by atoms with Crippen molar-refractivity contribution in [2.75, 3.05) is 14.2 Å². The van der Waals surface area contributed by atoms with Crippen molar-refractivity contribution in [1.29, 1.82) is 0 Å². The summed E-state index contributed by atoms with van der Waals surface area (Å²) in [5.41, 5.74) is 0.351. The fourth-order valence-corrected chi connectivity index (χ4v) is 3.90. The fourth-order valence-electron chi connectivity index (χ4n) is 3.90. The number of ether oxygens (including phenoxy) is 2. The van der Waals surface area contributed by atoms with Gasteiger partial charge in [0.2, 0.25) is 5.96 Å². The maximum Gasteiger partial charge on any atom is 0.434 e. The summed E-state index contributed by atoms with van der Waals surface area (Å²) in [5.74, 6) is 1.05. The monoisotopic (exact) mass is 425 g/mol. The zero-order valence-electron chi connectivity index (χ0n) is 18.1. The number of nitrogens with zero attached hydrogens (tertiary/aromatic N) is 2. The Kier molecular flexibility index (Phi) is 6.48. The number of guanidine groups is 1. The van der Waals surface area contributed by atoms with E-state index in [1.807, 2.05) is 44.2 Å². The van der Waals surface area contributed by atoms with Crippen LogP contribution in [0.25, 0.3) is 0 Å². The zero-order chi connectivity index (χ0) is 22.6. The summed E-state index contributed by atoms with van der Waals surface area (Å²) >= 11 is 0. The van der Waals surface area contributed by atoms with E-state index in [1.165, 1.54) is 12.0 Å². The number of carbonyl (C=O) groups is 2. The number of rotatable bonds is 7. The number of hydrogen-bond donors (Lipinski definition) is 2. The van der Waals surface area contributed by atoms with Gasteiger partial charge in [0.1, 0.15) is 17.0 Å². The molecule has 0 bridgehead atoms. The largest absolute Gasteiger partial charge is 0.497 e. The summed E-state index contributed by atoms with van der Waals surface area (Å²) in [6.07, 6.45) is -0.902. The average Bonchev–Trinajstić information content (AvgIpc) is 2.99. The van der Waals surface area contributed by atoms with Crippen LogP contribution < -0.4 is 14.8 Å². The number of aliphatic imine (C=N–C) groups is 1.